The number of amides is 1. The minimum atomic E-state index is -0.181. The summed E-state index contributed by atoms with van der Waals surface area (Å²) in [4.78, 5) is 18.0. The lowest BCUT2D eigenvalue weighted by atomic mass is 9.93. The van der Waals surface area contributed by atoms with Gasteiger partial charge in [-0.05, 0) is 42.9 Å². The number of hydrogen-bond acceptors (Lipinski definition) is 2. The monoisotopic (exact) mass is 462 g/mol. The normalized spacial score (nSPS) is 15.5. The van der Waals surface area contributed by atoms with Crippen LogP contribution in [-0.2, 0) is 11.3 Å². The number of aliphatic imine (C=N–C) groups is 1. The SMILES string of the molecule is CN=C(NCc1ccc(C)c(F)c1)N1CCC(CC(=O)NC)CC1.I. The largest absolute Gasteiger partial charge is 0.359 e. The van der Waals surface area contributed by atoms with Crippen LogP contribution in [0.25, 0.3) is 0 Å². The van der Waals surface area contributed by atoms with Gasteiger partial charge in [-0.15, -0.1) is 24.0 Å². The molecule has 1 fully saturated rings. The quantitative estimate of drug-likeness (QED) is 0.411. The number of hydrogen-bond donors (Lipinski definition) is 2. The van der Waals surface area contributed by atoms with E-state index in [2.05, 4.69) is 20.5 Å². The van der Waals surface area contributed by atoms with Gasteiger partial charge >= 0.3 is 0 Å². The molecule has 0 atom stereocenters. The molecule has 2 N–H and O–H groups in total. The second-order valence-corrected chi connectivity index (χ2v) is 6.29. The first-order valence-corrected chi connectivity index (χ1v) is 8.44. The fourth-order valence-corrected chi connectivity index (χ4v) is 2.97. The molecule has 2 rings (SSSR count). The predicted octanol–water partition coefficient (Wildman–Crippen LogP) is 2.68. The number of nitrogens with one attached hydrogen (secondary N) is 2. The maximum absolute atomic E-state index is 13.6. The van der Waals surface area contributed by atoms with Crippen LogP contribution in [0.4, 0.5) is 4.39 Å². The summed E-state index contributed by atoms with van der Waals surface area (Å²) in [7, 11) is 3.44. The highest BCUT2D eigenvalue weighted by atomic mass is 127. The summed E-state index contributed by atoms with van der Waals surface area (Å²) < 4.78 is 13.6. The number of likely N-dealkylation sites (tertiary alicyclic amines) is 1. The van der Waals surface area contributed by atoms with Gasteiger partial charge in [0.15, 0.2) is 5.96 Å². The molecule has 1 aliphatic rings. The summed E-state index contributed by atoms with van der Waals surface area (Å²) in [6.07, 6.45) is 2.56. The lowest BCUT2D eigenvalue weighted by molar-refractivity contribution is -0.121. The number of piperidine rings is 1. The van der Waals surface area contributed by atoms with Crippen LogP contribution in [0, 0.1) is 18.7 Å². The molecule has 0 unspecified atom stereocenters. The first-order chi connectivity index (χ1) is 11.5. The molecule has 1 aromatic carbocycles. The smallest absolute Gasteiger partial charge is 0.220 e. The van der Waals surface area contributed by atoms with Crippen molar-refractivity contribution in [2.24, 2.45) is 10.9 Å². The lowest BCUT2D eigenvalue weighted by Gasteiger charge is -2.34. The molecule has 0 bridgehead atoms. The second kappa shape index (κ2) is 10.6. The molecule has 0 aromatic heterocycles. The van der Waals surface area contributed by atoms with E-state index < -0.39 is 0 Å². The maximum atomic E-state index is 13.6. The Kier molecular flexibility index (Phi) is 9.16. The standard InChI is InChI=1S/C18H27FN4O.HI/c1-13-4-5-15(10-16(13)19)12-22-18(21-3)23-8-6-14(7-9-23)11-17(24)20-2;/h4-5,10,14H,6-9,11-12H2,1-3H3,(H,20,24)(H,21,22);1H. The van der Waals surface area contributed by atoms with E-state index in [0.29, 0.717) is 24.4 Å². The van der Waals surface area contributed by atoms with E-state index in [1.54, 1.807) is 33.2 Å². The van der Waals surface area contributed by atoms with E-state index in [1.807, 2.05) is 6.07 Å². The van der Waals surface area contributed by atoms with Crippen molar-refractivity contribution in [3.05, 3.63) is 35.1 Å². The Hall–Kier alpha value is -1.38. The summed E-state index contributed by atoms with van der Waals surface area (Å²) in [6, 6.07) is 5.28. The van der Waals surface area contributed by atoms with Gasteiger partial charge in [-0.25, -0.2) is 4.39 Å². The number of carbonyl (C=O) groups is 1. The molecule has 1 saturated heterocycles. The third-order valence-corrected chi connectivity index (χ3v) is 4.57. The van der Waals surface area contributed by atoms with Crippen LogP contribution in [0.1, 0.15) is 30.4 Å². The molecular formula is C18H28FIN4O. The highest BCUT2D eigenvalue weighted by molar-refractivity contribution is 14.0. The number of benzene rings is 1. The number of nitrogens with zero attached hydrogens (tertiary/aromatic N) is 2. The average molecular weight is 462 g/mol. The minimum absolute atomic E-state index is 0. The average Bonchev–Trinajstić information content (AvgIpc) is 2.59. The number of aryl methyl sites for hydroxylation is 1. The van der Waals surface area contributed by atoms with Crippen molar-refractivity contribution in [2.45, 2.75) is 32.7 Å². The zero-order chi connectivity index (χ0) is 17.5. The number of guanidine groups is 1. The van der Waals surface area contributed by atoms with Gasteiger partial charge in [0, 0.05) is 40.2 Å². The molecule has 1 aromatic rings. The fourth-order valence-electron chi connectivity index (χ4n) is 2.97. The third-order valence-electron chi connectivity index (χ3n) is 4.57. The number of rotatable bonds is 4. The van der Waals surface area contributed by atoms with Crippen LogP contribution in [0.5, 0.6) is 0 Å². The molecule has 0 spiro atoms. The summed E-state index contributed by atoms with van der Waals surface area (Å²) >= 11 is 0. The van der Waals surface area contributed by atoms with Crippen LogP contribution in [-0.4, -0.2) is 44.0 Å². The van der Waals surface area contributed by atoms with E-state index in [0.717, 1.165) is 37.5 Å². The van der Waals surface area contributed by atoms with Gasteiger partial charge in [0.05, 0.1) is 0 Å². The van der Waals surface area contributed by atoms with Crippen molar-refractivity contribution in [2.75, 3.05) is 27.2 Å². The van der Waals surface area contributed by atoms with Crippen molar-refractivity contribution in [1.82, 2.24) is 15.5 Å². The van der Waals surface area contributed by atoms with Crippen LogP contribution in [0.3, 0.4) is 0 Å². The van der Waals surface area contributed by atoms with Gasteiger partial charge in [-0.1, -0.05) is 12.1 Å². The van der Waals surface area contributed by atoms with E-state index in [1.165, 1.54) is 0 Å². The Bertz CT molecular complexity index is 601. The minimum Gasteiger partial charge on any atom is -0.359 e. The van der Waals surface area contributed by atoms with E-state index in [4.69, 9.17) is 0 Å². The molecule has 0 radical (unpaired) electrons. The summed E-state index contributed by atoms with van der Waals surface area (Å²) in [5.74, 6) is 1.19. The zero-order valence-electron chi connectivity index (χ0n) is 15.1. The highest BCUT2D eigenvalue weighted by Gasteiger charge is 2.22. The summed E-state index contributed by atoms with van der Waals surface area (Å²) in [5.41, 5.74) is 1.55. The van der Waals surface area contributed by atoms with Gasteiger partial charge in [0.1, 0.15) is 5.82 Å². The van der Waals surface area contributed by atoms with Crippen molar-refractivity contribution < 1.29 is 9.18 Å². The number of halogens is 2. The molecule has 140 valence electrons. The Balaban J connectivity index is 0.00000312. The maximum Gasteiger partial charge on any atom is 0.220 e. The van der Waals surface area contributed by atoms with Crippen molar-refractivity contribution >= 4 is 35.8 Å². The molecule has 1 heterocycles. The van der Waals surface area contributed by atoms with Crippen LogP contribution < -0.4 is 10.6 Å². The first-order valence-electron chi connectivity index (χ1n) is 8.44. The van der Waals surface area contributed by atoms with Gasteiger partial charge in [-0.2, -0.15) is 0 Å². The van der Waals surface area contributed by atoms with E-state index in [9.17, 15) is 9.18 Å². The van der Waals surface area contributed by atoms with Crippen molar-refractivity contribution in [3.63, 3.8) is 0 Å². The molecule has 7 heteroatoms. The highest BCUT2D eigenvalue weighted by Crippen LogP contribution is 2.20. The van der Waals surface area contributed by atoms with Gasteiger partial charge in [0.25, 0.3) is 0 Å². The second-order valence-electron chi connectivity index (χ2n) is 6.29. The molecule has 1 amide bonds. The van der Waals surface area contributed by atoms with Gasteiger partial charge in [-0.3, -0.25) is 9.79 Å². The molecular weight excluding hydrogens is 434 g/mol. The van der Waals surface area contributed by atoms with E-state index in [-0.39, 0.29) is 35.7 Å². The lowest BCUT2D eigenvalue weighted by Crippen LogP contribution is -2.45. The summed E-state index contributed by atoms with van der Waals surface area (Å²) in [6.45, 7) is 4.06. The molecule has 0 saturated carbocycles. The Morgan fingerprint density at radius 1 is 1.36 bits per heavy atom. The van der Waals surface area contributed by atoms with Crippen LogP contribution in [0.2, 0.25) is 0 Å². The molecule has 0 aliphatic carbocycles. The van der Waals surface area contributed by atoms with Gasteiger partial charge < -0.3 is 15.5 Å². The Morgan fingerprint density at radius 3 is 2.60 bits per heavy atom. The Morgan fingerprint density at radius 2 is 2.04 bits per heavy atom. The molecule has 25 heavy (non-hydrogen) atoms. The topological polar surface area (TPSA) is 56.7 Å². The molecule has 5 nitrogen and oxygen atoms in total. The summed E-state index contributed by atoms with van der Waals surface area (Å²) in [5, 5.41) is 5.98. The van der Waals surface area contributed by atoms with Gasteiger partial charge in [0.2, 0.25) is 5.91 Å². The van der Waals surface area contributed by atoms with Crippen LogP contribution in [0.15, 0.2) is 23.2 Å². The molecule has 1 aliphatic heterocycles. The fraction of sp³-hybridized carbons (Fsp3) is 0.556. The predicted molar refractivity (Wildman–Crippen MR) is 110 cm³/mol. The van der Waals surface area contributed by atoms with Crippen molar-refractivity contribution in [3.8, 4) is 0 Å². The Labute approximate surface area is 166 Å². The van der Waals surface area contributed by atoms with Crippen LogP contribution >= 0.6 is 24.0 Å². The first kappa shape index (κ1) is 21.7. The number of carbonyl (C=O) groups excluding carboxylic acids is 1. The van der Waals surface area contributed by atoms with E-state index >= 15 is 0 Å². The third kappa shape index (κ3) is 6.45. The van der Waals surface area contributed by atoms with Crippen molar-refractivity contribution in [1.29, 1.82) is 0 Å². The zero-order valence-corrected chi connectivity index (χ0v) is 17.5.